The van der Waals surface area contributed by atoms with Crippen molar-refractivity contribution in [2.24, 2.45) is 0 Å². The number of benzene rings is 1. The largest absolute Gasteiger partial charge is 0.458 e. The predicted octanol–water partition coefficient (Wildman–Crippen LogP) is 2.92. The van der Waals surface area contributed by atoms with Gasteiger partial charge in [-0.25, -0.2) is 4.79 Å². The molecular formula is C11H12BrNO4. The summed E-state index contributed by atoms with van der Waals surface area (Å²) in [4.78, 5) is 21.6. The lowest BCUT2D eigenvalue weighted by atomic mass is 10.2. The monoisotopic (exact) mass is 301 g/mol. The number of nitrogens with zero attached hydrogens (tertiary/aromatic N) is 1. The normalized spacial score (nSPS) is 13.8. The summed E-state index contributed by atoms with van der Waals surface area (Å²) in [7, 11) is 0. The van der Waals surface area contributed by atoms with Crippen LogP contribution in [0.5, 0.6) is 0 Å². The molecule has 92 valence electrons. The number of esters is 1. The molecule has 0 bridgehead atoms. The van der Waals surface area contributed by atoms with E-state index < -0.39 is 10.9 Å². The van der Waals surface area contributed by atoms with Crippen molar-refractivity contribution in [3.05, 3.63) is 39.9 Å². The third kappa shape index (κ3) is 3.81. The molecule has 1 aromatic rings. The van der Waals surface area contributed by atoms with Crippen LogP contribution in [0.25, 0.3) is 0 Å². The van der Waals surface area contributed by atoms with Crippen molar-refractivity contribution in [1.82, 2.24) is 0 Å². The third-order valence-electron chi connectivity index (χ3n) is 2.25. The average Bonchev–Trinajstić information content (AvgIpc) is 2.28. The number of nitro benzene ring substituents is 1. The summed E-state index contributed by atoms with van der Waals surface area (Å²) >= 11 is 3.30. The molecule has 1 aromatic carbocycles. The van der Waals surface area contributed by atoms with Gasteiger partial charge in [0, 0.05) is 17.0 Å². The minimum atomic E-state index is -0.516. The molecule has 5 nitrogen and oxygen atoms in total. The van der Waals surface area contributed by atoms with Crippen LogP contribution in [-0.4, -0.2) is 21.8 Å². The highest BCUT2D eigenvalue weighted by molar-refractivity contribution is 9.09. The van der Waals surface area contributed by atoms with Crippen molar-refractivity contribution in [1.29, 1.82) is 0 Å². The summed E-state index contributed by atoms with van der Waals surface area (Å²) in [6.07, 6.45) is -0.266. The van der Waals surface area contributed by atoms with E-state index in [1.54, 1.807) is 6.92 Å². The number of hydrogen-bond acceptors (Lipinski definition) is 4. The molecule has 0 radical (unpaired) electrons. The van der Waals surface area contributed by atoms with Crippen LogP contribution in [0.4, 0.5) is 5.69 Å². The summed E-state index contributed by atoms with van der Waals surface area (Å²) in [5, 5.41) is 10.4. The van der Waals surface area contributed by atoms with Gasteiger partial charge in [-0.15, -0.1) is 0 Å². The van der Waals surface area contributed by atoms with Crippen LogP contribution < -0.4 is 0 Å². The molecule has 0 amide bonds. The zero-order valence-electron chi connectivity index (χ0n) is 9.42. The Hall–Kier alpha value is -1.43. The van der Waals surface area contributed by atoms with Crippen molar-refractivity contribution in [2.45, 2.75) is 24.8 Å². The number of halogens is 1. The molecule has 17 heavy (non-hydrogen) atoms. The van der Waals surface area contributed by atoms with E-state index in [2.05, 4.69) is 15.9 Å². The van der Waals surface area contributed by atoms with E-state index >= 15 is 0 Å². The molecule has 1 rings (SSSR count). The summed E-state index contributed by atoms with van der Waals surface area (Å²) in [5.74, 6) is -0.487. The van der Waals surface area contributed by atoms with E-state index in [0.717, 1.165) is 0 Å². The van der Waals surface area contributed by atoms with Gasteiger partial charge in [0.05, 0.1) is 10.5 Å². The molecule has 0 heterocycles. The van der Waals surface area contributed by atoms with Crippen molar-refractivity contribution >= 4 is 27.6 Å². The van der Waals surface area contributed by atoms with Gasteiger partial charge in [0.15, 0.2) is 0 Å². The van der Waals surface area contributed by atoms with Gasteiger partial charge in [-0.1, -0.05) is 15.9 Å². The van der Waals surface area contributed by atoms with E-state index in [0.29, 0.717) is 5.56 Å². The molecule has 2 atom stereocenters. The Bertz CT molecular complexity index is 416. The van der Waals surface area contributed by atoms with Gasteiger partial charge in [0.25, 0.3) is 5.69 Å². The third-order valence-corrected chi connectivity index (χ3v) is 3.00. The van der Waals surface area contributed by atoms with Crippen LogP contribution >= 0.6 is 15.9 Å². The molecule has 0 saturated carbocycles. The molecule has 0 spiro atoms. The summed E-state index contributed by atoms with van der Waals surface area (Å²) in [5.41, 5.74) is 0.249. The number of nitro groups is 1. The highest BCUT2D eigenvalue weighted by Gasteiger charge is 2.16. The maximum atomic E-state index is 11.6. The van der Waals surface area contributed by atoms with Gasteiger partial charge in [-0.3, -0.25) is 10.1 Å². The highest BCUT2D eigenvalue weighted by atomic mass is 79.9. The maximum absolute atomic E-state index is 11.6. The van der Waals surface area contributed by atoms with Gasteiger partial charge in [0.2, 0.25) is 0 Å². The molecule has 0 unspecified atom stereocenters. The molecule has 0 N–H and O–H groups in total. The highest BCUT2D eigenvalue weighted by Crippen LogP contribution is 2.15. The molecule has 0 aliphatic carbocycles. The molecule has 0 aliphatic rings. The van der Waals surface area contributed by atoms with Crippen LogP contribution in [0, 0.1) is 10.1 Å². The molecule has 0 fully saturated rings. The number of rotatable bonds is 4. The van der Waals surface area contributed by atoms with Crippen LogP contribution in [0.2, 0.25) is 0 Å². The fourth-order valence-electron chi connectivity index (χ4n) is 1.05. The van der Waals surface area contributed by atoms with Crippen LogP contribution in [-0.2, 0) is 4.74 Å². The van der Waals surface area contributed by atoms with Crippen molar-refractivity contribution in [3.63, 3.8) is 0 Å². The molecule has 0 aliphatic heterocycles. The number of carbonyl (C=O) groups is 1. The lowest BCUT2D eigenvalue weighted by Gasteiger charge is -2.15. The van der Waals surface area contributed by atoms with Crippen LogP contribution in [0.15, 0.2) is 24.3 Å². The number of hydrogen-bond donors (Lipinski definition) is 0. The number of non-ortho nitro benzene ring substituents is 1. The minimum Gasteiger partial charge on any atom is -0.458 e. The Morgan fingerprint density at radius 1 is 1.35 bits per heavy atom. The van der Waals surface area contributed by atoms with Gasteiger partial charge in [-0.2, -0.15) is 0 Å². The van der Waals surface area contributed by atoms with E-state index in [-0.39, 0.29) is 16.6 Å². The smallest absolute Gasteiger partial charge is 0.338 e. The zero-order chi connectivity index (χ0) is 13.0. The van der Waals surface area contributed by atoms with Crippen molar-refractivity contribution in [2.75, 3.05) is 0 Å². The number of alkyl halides is 1. The summed E-state index contributed by atoms with van der Waals surface area (Å²) in [6, 6.07) is 5.32. The Kier molecular flexibility index (Phi) is 4.62. The number of carbonyl (C=O) groups excluding carboxylic acids is 1. The Labute approximate surface area is 107 Å². The van der Waals surface area contributed by atoms with E-state index in [1.807, 2.05) is 6.92 Å². The predicted molar refractivity (Wildman–Crippen MR) is 66.4 cm³/mol. The minimum absolute atomic E-state index is 0.0458. The fraction of sp³-hybridized carbons (Fsp3) is 0.364. The quantitative estimate of drug-likeness (QED) is 0.371. The lowest BCUT2D eigenvalue weighted by molar-refractivity contribution is -0.384. The molecular weight excluding hydrogens is 290 g/mol. The second kappa shape index (κ2) is 5.77. The van der Waals surface area contributed by atoms with Gasteiger partial charge < -0.3 is 4.74 Å². The topological polar surface area (TPSA) is 69.4 Å². The Morgan fingerprint density at radius 2 is 1.88 bits per heavy atom. The Balaban J connectivity index is 2.73. The first-order valence-electron chi connectivity index (χ1n) is 5.01. The molecule has 6 heteroatoms. The van der Waals surface area contributed by atoms with Gasteiger partial charge in [0.1, 0.15) is 6.10 Å². The van der Waals surface area contributed by atoms with Crippen molar-refractivity contribution in [3.8, 4) is 0 Å². The number of ether oxygens (including phenoxy) is 1. The van der Waals surface area contributed by atoms with Crippen LogP contribution in [0.1, 0.15) is 24.2 Å². The Morgan fingerprint density at radius 3 is 2.29 bits per heavy atom. The molecule has 0 saturated heterocycles. The van der Waals surface area contributed by atoms with Crippen LogP contribution in [0.3, 0.4) is 0 Å². The fourth-order valence-corrected chi connectivity index (χ4v) is 1.16. The van der Waals surface area contributed by atoms with Gasteiger partial charge >= 0.3 is 5.97 Å². The second-order valence-corrected chi connectivity index (χ2v) is 5.04. The standard InChI is InChI=1S/C11H12BrNO4/c1-7(12)8(2)17-11(14)9-3-5-10(6-4-9)13(15)16/h3-8H,1-2H3/t7-,8+/m1/s1. The maximum Gasteiger partial charge on any atom is 0.338 e. The lowest BCUT2D eigenvalue weighted by Crippen LogP contribution is -2.21. The summed E-state index contributed by atoms with van der Waals surface area (Å²) in [6.45, 7) is 3.64. The van der Waals surface area contributed by atoms with Crippen molar-refractivity contribution < 1.29 is 14.5 Å². The van der Waals surface area contributed by atoms with E-state index in [9.17, 15) is 14.9 Å². The first-order valence-corrected chi connectivity index (χ1v) is 5.93. The first-order chi connectivity index (χ1) is 7.91. The van der Waals surface area contributed by atoms with E-state index in [1.165, 1.54) is 24.3 Å². The SMILES string of the molecule is C[C@H](OC(=O)c1ccc([N+](=O)[O-])cc1)[C@@H](C)Br. The van der Waals surface area contributed by atoms with E-state index in [4.69, 9.17) is 4.74 Å². The second-order valence-electron chi connectivity index (χ2n) is 3.59. The van der Waals surface area contributed by atoms with Gasteiger partial charge in [-0.05, 0) is 26.0 Å². The average molecular weight is 302 g/mol. The zero-order valence-corrected chi connectivity index (χ0v) is 11.0. The molecule has 0 aromatic heterocycles. The summed E-state index contributed by atoms with van der Waals surface area (Å²) < 4.78 is 5.14. The first kappa shape index (κ1) is 13.6.